The first-order valence-electron chi connectivity index (χ1n) is 7.40. The summed E-state index contributed by atoms with van der Waals surface area (Å²) in [5, 5.41) is 9.06. The Bertz CT molecular complexity index is 202. The van der Waals surface area contributed by atoms with E-state index in [0.29, 0.717) is 13.0 Å². The maximum atomic E-state index is 9.06. The summed E-state index contributed by atoms with van der Waals surface area (Å²) in [7, 11) is 0. The Morgan fingerprint density at radius 2 is 1.50 bits per heavy atom. The SMILES string of the molecule is CCOC(CC)(CC)CCOC(C)(CC)CCO. The van der Waals surface area contributed by atoms with Crippen LogP contribution in [-0.4, -0.2) is 36.1 Å². The van der Waals surface area contributed by atoms with Gasteiger partial charge >= 0.3 is 0 Å². The Kier molecular flexibility index (Phi) is 8.83. The maximum Gasteiger partial charge on any atom is 0.0699 e. The highest BCUT2D eigenvalue weighted by molar-refractivity contribution is 4.79. The van der Waals surface area contributed by atoms with E-state index in [-0.39, 0.29) is 17.8 Å². The van der Waals surface area contributed by atoms with Crippen molar-refractivity contribution in [3.8, 4) is 0 Å². The van der Waals surface area contributed by atoms with Crippen molar-refractivity contribution in [1.29, 1.82) is 0 Å². The van der Waals surface area contributed by atoms with Crippen LogP contribution in [0.25, 0.3) is 0 Å². The van der Waals surface area contributed by atoms with Gasteiger partial charge in [0.05, 0.1) is 17.8 Å². The molecule has 0 saturated carbocycles. The van der Waals surface area contributed by atoms with Crippen molar-refractivity contribution in [2.45, 2.75) is 77.9 Å². The molecule has 0 bridgehead atoms. The maximum absolute atomic E-state index is 9.06. The van der Waals surface area contributed by atoms with Crippen LogP contribution in [0, 0.1) is 0 Å². The third kappa shape index (κ3) is 5.68. The van der Waals surface area contributed by atoms with E-state index in [0.717, 1.165) is 32.3 Å². The van der Waals surface area contributed by atoms with Gasteiger partial charge in [-0.1, -0.05) is 20.8 Å². The van der Waals surface area contributed by atoms with Crippen LogP contribution >= 0.6 is 0 Å². The van der Waals surface area contributed by atoms with E-state index in [1.54, 1.807) is 0 Å². The zero-order chi connectivity index (χ0) is 14.1. The second-order valence-corrected chi connectivity index (χ2v) is 5.20. The molecule has 1 unspecified atom stereocenters. The van der Waals surface area contributed by atoms with Gasteiger partial charge < -0.3 is 14.6 Å². The van der Waals surface area contributed by atoms with Crippen LogP contribution in [0.3, 0.4) is 0 Å². The topological polar surface area (TPSA) is 38.7 Å². The van der Waals surface area contributed by atoms with Gasteiger partial charge in [0.1, 0.15) is 0 Å². The molecule has 0 fully saturated rings. The smallest absolute Gasteiger partial charge is 0.0699 e. The van der Waals surface area contributed by atoms with Crippen molar-refractivity contribution in [3.63, 3.8) is 0 Å². The molecule has 0 heterocycles. The number of ether oxygens (including phenoxy) is 2. The van der Waals surface area contributed by atoms with Crippen LogP contribution in [0.4, 0.5) is 0 Å². The highest BCUT2D eigenvalue weighted by Gasteiger charge is 2.28. The highest BCUT2D eigenvalue weighted by Crippen LogP contribution is 2.27. The molecule has 3 nitrogen and oxygen atoms in total. The largest absolute Gasteiger partial charge is 0.396 e. The van der Waals surface area contributed by atoms with Gasteiger partial charge in [-0.05, 0) is 46.0 Å². The lowest BCUT2D eigenvalue weighted by atomic mass is 9.93. The zero-order valence-corrected chi connectivity index (χ0v) is 12.9. The average molecular weight is 260 g/mol. The first-order valence-corrected chi connectivity index (χ1v) is 7.40. The Hall–Kier alpha value is -0.120. The van der Waals surface area contributed by atoms with Gasteiger partial charge in [0.2, 0.25) is 0 Å². The number of hydrogen-bond acceptors (Lipinski definition) is 3. The van der Waals surface area contributed by atoms with Crippen molar-refractivity contribution in [2.75, 3.05) is 19.8 Å². The van der Waals surface area contributed by atoms with Crippen molar-refractivity contribution < 1.29 is 14.6 Å². The summed E-state index contributed by atoms with van der Waals surface area (Å²) in [6.45, 7) is 12.2. The Morgan fingerprint density at radius 3 is 1.89 bits per heavy atom. The van der Waals surface area contributed by atoms with Gasteiger partial charge in [-0.25, -0.2) is 0 Å². The monoisotopic (exact) mass is 260 g/mol. The fourth-order valence-corrected chi connectivity index (χ4v) is 2.26. The third-order valence-corrected chi connectivity index (χ3v) is 4.14. The second kappa shape index (κ2) is 8.89. The molecule has 0 aliphatic rings. The van der Waals surface area contributed by atoms with Crippen molar-refractivity contribution in [2.24, 2.45) is 0 Å². The van der Waals surface area contributed by atoms with Crippen LogP contribution in [0.1, 0.15) is 66.7 Å². The Balaban J connectivity index is 4.27. The number of rotatable bonds is 11. The minimum atomic E-state index is -0.200. The van der Waals surface area contributed by atoms with Gasteiger partial charge in [0.25, 0.3) is 0 Å². The molecule has 18 heavy (non-hydrogen) atoms. The molecule has 3 heteroatoms. The summed E-state index contributed by atoms with van der Waals surface area (Å²) in [5.74, 6) is 0. The number of aliphatic hydroxyl groups excluding tert-OH is 1. The molecule has 0 aromatic heterocycles. The lowest BCUT2D eigenvalue weighted by Gasteiger charge is -2.34. The molecule has 0 spiro atoms. The summed E-state index contributed by atoms with van der Waals surface area (Å²) in [4.78, 5) is 0. The average Bonchev–Trinajstić information content (AvgIpc) is 2.38. The number of aliphatic hydroxyl groups is 1. The Morgan fingerprint density at radius 1 is 0.889 bits per heavy atom. The summed E-state index contributed by atoms with van der Waals surface area (Å²) in [6, 6.07) is 0. The van der Waals surface area contributed by atoms with E-state index in [2.05, 4.69) is 27.7 Å². The lowest BCUT2D eigenvalue weighted by Crippen LogP contribution is -2.36. The molecule has 1 atom stereocenters. The van der Waals surface area contributed by atoms with Crippen LogP contribution in [-0.2, 0) is 9.47 Å². The normalized spacial score (nSPS) is 15.7. The fraction of sp³-hybridized carbons (Fsp3) is 1.00. The van der Waals surface area contributed by atoms with Gasteiger partial charge in [-0.2, -0.15) is 0 Å². The van der Waals surface area contributed by atoms with Crippen LogP contribution in [0.2, 0.25) is 0 Å². The van der Waals surface area contributed by atoms with Crippen molar-refractivity contribution in [1.82, 2.24) is 0 Å². The second-order valence-electron chi connectivity index (χ2n) is 5.20. The van der Waals surface area contributed by atoms with Crippen molar-refractivity contribution in [3.05, 3.63) is 0 Å². The van der Waals surface area contributed by atoms with E-state index >= 15 is 0 Å². The molecule has 0 radical (unpaired) electrons. The fourth-order valence-electron chi connectivity index (χ4n) is 2.26. The molecule has 0 aliphatic heterocycles. The minimum absolute atomic E-state index is 0.0391. The van der Waals surface area contributed by atoms with E-state index in [1.807, 2.05) is 6.92 Å². The summed E-state index contributed by atoms with van der Waals surface area (Å²) in [6.07, 6.45) is 4.58. The molecular weight excluding hydrogens is 228 g/mol. The predicted octanol–water partition coefficient (Wildman–Crippen LogP) is 3.54. The molecular formula is C15H32O3. The van der Waals surface area contributed by atoms with Gasteiger partial charge in [0, 0.05) is 13.2 Å². The van der Waals surface area contributed by atoms with Crippen molar-refractivity contribution >= 4 is 0 Å². The molecule has 0 amide bonds. The molecule has 0 aromatic carbocycles. The molecule has 0 aromatic rings. The van der Waals surface area contributed by atoms with E-state index in [4.69, 9.17) is 14.6 Å². The zero-order valence-electron chi connectivity index (χ0n) is 12.9. The minimum Gasteiger partial charge on any atom is -0.396 e. The molecule has 110 valence electrons. The standard InChI is InChI=1S/C15H32O3/c1-6-14(5,10-12-16)18-13-11-15(7-2,8-3)17-9-4/h16H,6-13H2,1-5H3. The van der Waals surface area contributed by atoms with Gasteiger partial charge in [-0.15, -0.1) is 0 Å². The van der Waals surface area contributed by atoms with Crippen LogP contribution < -0.4 is 0 Å². The molecule has 0 aliphatic carbocycles. The highest BCUT2D eigenvalue weighted by atomic mass is 16.5. The van der Waals surface area contributed by atoms with Gasteiger partial charge in [-0.3, -0.25) is 0 Å². The quantitative estimate of drug-likeness (QED) is 0.617. The Labute approximate surface area is 113 Å². The van der Waals surface area contributed by atoms with Gasteiger partial charge in [0.15, 0.2) is 0 Å². The summed E-state index contributed by atoms with van der Waals surface area (Å²) < 4.78 is 11.9. The summed E-state index contributed by atoms with van der Waals surface area (Å²) >= 11 is 0. The van der Waals surface area contributed by atoms with E-state index in [9.17, 15) is 0 Å². The molecule has 1 N–H and O–H groups in total. The molecule has 0 rings (SSSR count). The first kappa shape index (κ1) is 17.9. The summed E-state index contributed by atoms with van der Waals surface area (Å²) in [5.41, 5.74) is -0.239. The van der Waals surface area contributed by atoms with Crippen LogP contribution in [0.15, 0.2) is 0 Å². The predicted molar refractivity (Wildman–Crippen MR) is 75.9 cm³/mol. The molecule has 0 saturated heterocycles. The third-order valence-electron chi connectivity index (χ3n) is 4.14. The first-order chi connectivity index (χ1) is 8.51. The van der Waals surface area contributed by atoms with Crippen LogP contribution in [0.5, 0.6) is 0 Å². The van der Waals surface area contributed by atoms with E-state index < -0.39 is 0 Å². The van der Waals surface area contributed by atoms with E-state index in [1.165, 1.54) is 0 Å². The lowest BCUT2D eigenvalue weighted by molar-refractivity contribution is -0.0992. The number of hydrogen-bond donors (Lipinski definition) is 1.